The Morgan fingerprint density at radius 3 is 2.07 bits per heavy atom. The molecular formula is C10H18Cl2O2. The van der Waals surface area contributed by atoms with E-state index in [4.69, 9.17) is 32.7 Å². The maximum absolute atomic E-state index is 5.85. The molecule has 1 saturated heterocycles. The Labute approximate surface area is 95.9 Å². The van der Waals surface area contributed by atoms with Crippen molar-refractivity contribution in [2.75, 3.05) is 25.0 Å². The van der Waals surface area contributed by atoms with Crippen LogP contribution in [0.1, 0.15) is 20.3 Å². The van der Waals surface area contributed by atoms with Crippen LogP contribution in [0.2, 0.25) is 0 Å². The first kappa shape index (κ1) is 12.6. The van der Waals surface area contributed by atoms with Crippen LogP contribution in [0.4, 0.5) is 0 Å². The van der Waals surface area contributed by atoms with Crippen molar-refractivity contribution in [2.24, 2.45) is 11.3 Å². The molecule has 0 spiro atoms. The van der Waals surface area contributed by atoms with Gasteiger partial charge in [0, 0.05) is 23.6 Å². The zero-order valence-electron chi connectivity index (χ0n) is 8.76. The van der Waals surface area contributed by atoms with Gasteiger partial charge < -0.3 is 9.47 Å². The fourth-order valence-corrected chi connectivity index (χ4v) is 1.93. The van der Waals surface area contributed by atoms with Gasteiger partial charge in [0.1, 0.15) is 0 Å². The van der Waals surface area contributed by atoms with E-state index in [1.807, 2.05) is 0 Å². The van der Waals surface area contributed by atoms with Crippen LogP contribution in [0, 0.1) is 11.3 Å². The number of alkyl halides is 2. The molecule has 1 heterocycles. The molecule has 0 N–H and O–H groups in total. The molecule has 0 amide bonds. The second-order valence-electron chi connectivity index (χ2n) is 4.45. The van der Waals surface area contributed by atoms with Crippen molar-refractivity contribution in [3.63, 3.8) is 0 Å². The van der Waals surface area contributed by atoms with Gasteiger partial charge in [-0.2, -0.15) is 0 Å². The maximum Gasteiger partial charge on any atom is 0.157 e. The van der Waals surface area contributed by atoms with E-state index in [0.717, 1.165) is 6.42 Å². The Hall–Kier alpha value is 0.500. The van der Waals surface area contributed by atoms with Crippen molar-refractivity contribution in [1.82, 2.24) is 0 Å². The third-order valence-electron chi connectivity index (χ3n) is 2.38. The van der Waals surface area contributed by atoms with Gasteiger partial charge in [0.05, 0.1) is 13.2 Å². The zero-order valence-corrected chi connectivity index (χ0v) is 10.3. The summed E-state index contributed by atoms with van der Waals surface area (Å²) in [5.41, 5.74) is -0.184. The van der Waals surface area contributed by atoms with E-state index < -0.39 is 0 Å². The maximum atomic E-state index is 5.85. The number of ether oxygens (including phenoxy) is 2. The Morgan fingerprint density at radius 1 is 1.21 bits per heavy atom. The summed E-state index contributed by atoms with van der Waals surface area (Å²) in [4.78, 5) is 0. The molecule has 4 heteroatoms. The normalized spacial score (nSPS) is 22.9. The van der Waals surface area contributed by atoms with Crippen molar-refractivity contribution in [3.05, 3.63) is 0 Å². The summed E-state index contributed by atoms with van der Waals surface area (Å²) in [5, 5.41) is 0. The predicted molar refractivity (Wildman–Crippen MR) is 59.0 cm³/mol. The van der Waals surface area contributed by atoms with Crippen LogP contribution in [0.15, 0.2) is 0 Å². The number of halogens is 2. The van der Waals surface area contributed by atoms with E-state index in [-0.39, 0.29) is 11.7 Å². The highest BCUT2D eigenvalue weighted by Gasteiger charge is 2.35. The summed E-state index contributed by atoms with van der Waals surface area (Å²) in [6, 6.07) is 0. The van der Waals surface area contributed by atoms with Crippen LogP contribution < -0.4 is 0 Å². The van der Waals surface area contributed by atoms with Crippen molar-refractivity contribution >= 4 is 23.2 Å². The average Bonchev–Trinajstić information content (AvgIpc) is 2.19. The van der Waals surface area contributed by atoms with E-state index in [9.17, 15) is 0 Å². The lowest BCUT2D eigenvalue weighted by Crippen LogP contribution is -2.44. The lowest BCUT2D eigenvalue weighted by Gasteiger charge is -2.37. The van der Waals surface area contributed by atoms with Crippen molar-refractivity contribution in [3.8, 4) is 0 Å². The molecule has 0 aromatic heterocycles. The molecule has 0 radical (unpaired) electrons. The molecule has 0 aromatic carbocycles. The fraction of sp³-hybridized carbons (Fsp3) is 1.00. The largest absolute Gasteiger partial charge is 0.352 e. The fourth-order valence-electron chi connectivity index (χ4n) is 1.34. The molecule has 1 aliphatic rings. The summed E-state index contributed by atoms with van der Waals surface area (Å²) >= 11 is 11.7. The third-order valence-corrected chi connectivity index (χ3v) is 3.52. The highest BCUT2D eigenvalue weighted by Crippen LogP contribution is 2.29. The molecule has 0 atom stereocenters. The monoisotopic (exact) mass is 240 g/mol. The van der Waals surface area contributed by atoms with Crippen LogP contribution in [0.25, 0.3) is 0 Å². The second kappa shape index (κ2) is 5.55. The summed E-state index contributed by atoms with van der Waals surface area (Å²) in [5.74, 6) is 1.56. The predicted octanol–water partition coefficient (Wildman–Crippen LogP) is 2.87. The summed E-state index contributed by atoms with van der Waals surface area (Å²) in [6.07, 6.45) is 0.857. The minimum absolute atomic E-state index is 0.0745. The lowest BCUT2D eigenvalue weighted by atomic mass is 9.94. The van der Waals surface area contributed by atoms with Crippen LogP contribution in [0.5, 0.6) is 0 Å². The van der Waals surface area contributed by atoms with Gasteiger partial charge in [0.25, 0.3) is 0 Å². The van der Waals surface area contributed by atoms with Gasteiger partial charge in [0.2, 0.25) is 0 Å². The smallest absolute Gasteiger partial charge is 0.157 e. The SMILES string of the molecule is CC(C)CC1OCC(CCl)(CCl)CO1. The van der Waals surface area contributed by atoms with Gasteiger partial charge in [-0.1, -0.05) is 13.8 Å². The van der Waals surface area contributed by atoms with Crippen molar-refractivity contribution in [2.45, 2.75) is 26.6 Å². The van der Waals surface area contributed by atoms with E-state index in [0.29, 0.717) is 30.9 Å². The van der Waals surface area contributed by atoms with E-state index >= 15 is 0 Å². The topological polar surface area (TPSA) is 18.5 Å². The molecule has 2 nitrogen and oxygen atoms in total. The summed E-state index contributed by atoms with van der Waals surface area (Å²) in [7, 11) is 0. The van der Waals surface area contributed by atoms with Gasteiger partial charge in [0.15, 0.2) is 6.29 Å². The highest BCUT2D eigenvalue weighted by molar-refractivity contribution is 6.21. The Bertz CT molecular complexity index is 160. The molecule has 0 aliphatic carbocycles. The number of hydrogen-bond donors (Lipinski definition) is 0. The van der Waals surface area contributed by atoms with Gasteiger partial charge in [-0.05, 0) is 5.92 Å². The number of hydrogen-bond acceptors (Lipinski definition) is 2. The standard InChI is InChI=1S/C10H18Cl2O2/c1-8(2)3-9-13-6-10(4-11,5-12)7-14-9/h8-9H,3-7H2,1-2H3. The molecule has 84 valence electrons. The van der Waals surface area contributed by atoms with Gasteiger partial charge in [-0.15, -0.1) is 23.2 Å². The molecule has 1 aliphatic heterocycles. The Morgan fingerprint density at radius 2 is 1.71 bits per heavy atom. The van der Waals surface area contributed by atoms with Crippen LogP contribution >= 0.6 is 23.2 Å². The Kier molecular flexibility index (Phi) is 4.98. The van der Waals surface area contributed by atoms with Gasteiger partial charge >= 0.3 is 0 Å². The van der Waals surface area contributed by atoms with Crippen LogP contribution in [-0.4, -0.2) is 31.3 Å². The van der Waals surface area contributed by atoms with E-state index in [2.05, 4.69) is 13.8 Å². The average molecular weight is 241 g/mol. The molecule has 1 fully saturated rings. The first-order valence-corrected chi connectivity index (χ1v) is 6.04. The van der Waals surface area contributed by atoms with E-state index in [1.165, 1.54) is 0 Å². The van der Waals surface area contributed by atoms with Crippen molar-refractivity contribution < 1.29 is 9.47 Å². The second-order valence-corrected chi connectivity index (χ2v) is 4.98. The van der Waals surface area contributed by atoms with Gasteiger partial charge in [-0.3, -0.25) is 0 Å². The quantitative estimate of drug-likeness (QED) is 0.704. The van der Waals surface area contributed by atoms with Crippen LogP contribution in [0.3, 0.4) is 0 Å². The molecule has 0 bridgehead atoms. The Balaban J connectivity index is 2.37. The molecule has 14 heavy (non-hydrogen) atoms. The third kappa shape index (κ3) is 3.27. The highest BCUT2D eigenvalue weighted by atomic mass is 35.5. The molecule has 0 aromatic rings. The summed E-state index contributed by atoms with van der Waals surface area (Å²) < 4.78 is 11.2. The molecule has 0 saturated carbocycles. The minimum atomic E-state index is -0.184. The molecule has 0 unspecified atom stereocenters. The first-order valence-electron chi connectivity index (χ1n) is 4.97. The van der Waals surface area contributed by atoms with E-state index in [1.54, 1.807) is 0 Å². The number of rotatable bonds is 4. The first-order chi connectivity index (χ1) is 6.62. The van der Waals surface area contributed by atoms with Crippen LogP contribution in [-0.2, 0) is 9.47 Å². The molecule has 1 rings (SSSR count). The minimum Gasteiger partial charge on any atom is -0.352 e. The van der Waals surface area contributed by atoms with Gasteiger partial charge in [-0.25, -0.2) is 0 Å². The van der Waals surface area contributed by atoms with Crippen molar-refractivity contribution in [1.29, 1.82) is 0 Å². The zero-order chi connectivity index (χ0) is 10.6. The molecular weight excluding hydrogens is 223 g/mol. The summed E-state index contributed by atoms with van der Waals surface area (Å²) in [6.45, 7) is 5.52. The lowest BCUT2D eigenvalue weighted by molar-refractivity contribution is -0.225.